The first-order valence-electron chi connectivity index (χ1n) is 8.05. The normalized spacial score (nSPS) is 13.2. The van der Waals surface area contributed by atoms with E-state index in [-0.39, 0.29) is 24.8 Å². The van der Waals surface area contributed by atoms with Crippen molar-refractivity contribution in [2.75, 3.05) is 25.1 Å². The minimum atomic E-state index is -0.123. The lowest BCUT2D eigenvalue weighted by Crippen LogP contribution is -2.41. The highest BCUT2D eigenvalue weighted by Crippen LogP contribution is 2.31. The summed E-state index contributed by atoms with van der Waals surface area (Å²) >= 11 is 3.40. The Morgan fingerprint density at radius 1 is 1.20 bits per heavy atom. The zero-order valence-corrected chi connectivity index (χ0v) is 15.5. The summed E-state index contributed by atoms with van der Waals surface area (Å²) in [7, 11) is 1.78. The molecule has 0 N–H and O–H groups in total. The number of rotatable bonds is 5. The lowest BCUT2D eigenvalue weighted by atomic mass is 10.2. The Bertz CT molecular complexity index is 776. The lowest BCUT2D eigenvalue weighted by Gasteiger charge is -2.29. The van der Waals surface area contributed by atoms with Crippen LogP contribution in [0.1, 0.15) is 12.0 Å². The molecule has 0 aromatic heterocycles. The second-order valence-electron chi connectivity index (χ2n) is 5.93. The van der Waals surface area contributed by atoms with Crippen LogP contribution in [-0.2, 0) is 16.1 Å². The summed E-state index contributed by atoms with van der Waals surface area (Å²) < 4.78 is 6.43. The summed E-state index contributed by atoms with van der Waals surface area (Å²) in [6, 6.07) is 15.3. The molecule has 1 heterocycles. The molecule has 0 atom stereocenters. The second kappa shape index (κ2) is 7.70. The minimum absolute atomic E-state index is 0.000285. The van der Waals surface area contributed by atoms with E-state index in [1.54, 1.807) is 16.8 Å². The number of benzene rings is 2. The molecule has 6 heteroatoms. The van der Waals surface area contributed by atoms with Crippen molar-refractivity contribution in [1.29, 1.82) is 0 Å². The predicted molar refractivity (Wildman–Crippen MR) is 99.5 cm³/mol. The molecule has 5 nitrogen and oxygen atoms in total. The van der Waals surface area contributed by atoms with Gasteiger partial charge < -0.3 is 14.5 Å². The fraction of sp³-hybridized carbons (Fsp3) is 0.263. The Kier molecular flexibility index (Phi) is 5.38. The molecule has 3 rings (SSSR count). The van der Waals surface area contributed by atoms with Crippen LogP contribution in [0.5, 0.6) is 5.75 Å². The summed E-state index contributed by atoms with van der Waals surface area (Å²) in [5.74, 6) is 0.555. The number of nitrogens with zero attached hydrogens (tertiary/aromatic N) is 2. The topological polar surface area (TPSA) is 49.9 Å². The maximum absolute atomic E-state index is 12.4. The van der Waals surface area contributed by atoms with E-state index in [9.17, 15) is 9.59 Å². The van der Waals surface area contributed by atoms with E-state index in [0.717, 1.165) is 15.7 Å². The Morgan fingerprint density at radius 2 is 1.92 bits per heavy atom. The fourth-order valence-corrected chi connectivity index (χ4v) is 3.01. The number of fused-ring (bicyclic) bond motifs is 1. The number of ether oxygens (including phenoxy) is 1. The first-order chi connectivity index (χ1) is 12.0. The van der Waals surface area contributed by atoms with E-state index >= 15 is 0 Å². The number of halogens is 1. The summed E-state index contributed by atoms with van der Waals surface area (Å²) in [6.45, 7) is 0.905. The zero-order valence-electron chi connectivity index (χ0n) is 13.9. The van der Waals surface area contributed by atoms with Crippen LogP contribution < -0.4 is 9.64 Å². The Morgan fingerprint density at radius 3 is 2.68 bits per heavy atom. The van der Waals surface area contributed by atoms with Crippen LogP contribution >= 0.6 is 15.9 Å². The van der Waals surface area contributed by atoms with E-state index in [2.05, 4.69) is 15.9 Å². The van der Waals surface area contributed by atoms with Crippen molar-refractivity contribution in [2.45, 2.75) is 13.0 Å². The number of hydrogen-bond donors (Lipinski definition) is 0. The smallest absolute Gasteiger partial charge is 0.265 e. The quantitative estimate of drug-likeness (QED) is 0.771. The number of amides is 2. The lowest BCUT2D eigenvalue weighted by molar-refractivity contribution is -0.130. The van der Waals surface area contributed by atoms with Crippen molar-refractivity contribution in [2.24, 2.45) is 0 Å². The maximum Gasteiger partial charge on any atom is 0.265 e. The van der Waals surface area contributed by atoms with Crippen molar-refractivity contribution in [3.63, 3.8) is 0 Å². The van der Waals surface area contributed by atoms with Gasteiger partial charge in [0.05, 0.1) is 5.69 Å². The Balaban J connectivity index is 1.60. The highest BCUT2D eigenvalue weighted by atomic mass is 79.9. The van der Waals surface area contributed by atoms with Gasteiger partial charge in [-0.2, -0.15) is 0 Å². The Labute approximate surface area is 155 Å². The van der Waals surface area contributed by atoms with E-state index in [1.807, 2.05) is 48.5 Å². The molecule has 2 aromatic carbocycles. The average molecular weight is 403 g/mol. The third kappa shape index (κ3) is 4.20. The average Bonchev–Trinajstić information content (AvgIpc) is 2.62. The van der Waals surface area contributed by atoms with Gasteiger partial charge in [0, 0.05) is 31.0 Å². The highest BCUT2D eigenvalue weighted by Gasteiger charge is 2.25. The number of anilines is 1. The van der Waals surface area contributed by atoms with Gasteiger partial charge in [-0.3, -0.25) is 9.59 Å². The van der Waals surface area contributed by atoms with E-state index in [4.69, 9.17) is 4.74 Å². The van der Waals surface area contributed by atoms with Gasteiger partial charge in [0.25, 0.3) is 5.91 Å². The number of carbonyl (C=O) groups excluding carboxylic acids is 2. The minimum Gasteiger partial charge on any atom is -0.482 e. The largest absolute Gasteiger partial charge is 0.482 e. The molecular weight excluding hydrogens is 384 g/mol. The molecular formula is C19H19BrN2O3. The summed E-state index contributed by atoms with van der Waals surface area (Å²) in [4.78, 5) is 27.9. The van der Waals surface area contributed by atoms with Crippen LogP contribution in [0.2, 0.25) is 0 Å². The molecule has 0 unspecified atom stereocenters. The van der Waals surface area contributed by atoms with Crippen LogP contribution in [0, 0.1) is 0 Å². The Hall–Kier alpha value is -2.34. The van der Waals surface area contributed by atoms with Gasteiger partial charge in [-0.25, -0.2) is 0 Å². The molecule has 0 aliphatic carbocycles. The second-order valence-corrected chi connectivity index (χ2v) is 6.84. The van der Waals surface area contributed by atoms with Crippen LogP contribution in [0.4, 0.5) is 5.69 Å². The molecule has 25 heavy (non-hydrogen) atoms. The van der Waals surface area contributed by atoms with Gasteiger partial charge in [-0.15, -0.1) is 0 Å². The number of hydrogen-bond acceptors (Lipinski definition) is 3. The predicted octanol–water partition coefficient (Wildman–Crippen LogP) is 3.22. The van der Waals surface area contributed by atoms with Gasteiger partial charge in [-0.05, 0) is 29.8 Å². The molecule has 0 saturated carbocycles. The molecule has 0 fully saturated rings. The molecule has 0 radical (unpaired) electrons. The van der Waals surface area contributed by atoms with Crippen molar-refractivity contribution in [3.8, 4) is 5.75 Å². The monoisotopic (exact) mass is 402 g/mol. The summed E-state index contributed by atoms with van der Waals surface area (Å²) in [5.41, 5.74) is 1.79. The van der Waals surface area contributed by atoms with Crippen molar-refractivity contribution in [1.82, 2.24) is 4.90 Å². The van der Waals surface area contributed by atoms with Crippen LogP contribution in [0.15, 0.2) is 53.0 Å². The van der Waals surface area contributed by atoms with Crippen molar-refractivity contribution >= 4 is 33.4 Å². The molecule has 0 bridgehead atoms. The van der Waals surface area contributed by atoms with Crippen molar-refractivity contribution in [3.05, 3.63) is 58.6 Å². The SMILES string of the molecule is CN(Cc1ccc(Br)cc1)C(=O)CCN1C(=O)COc2ccccc21. The van der Waals surface area contributed by atoms with E-state index < -0.39 is 0 Å². The van der Waals surface area contributed by atoms with Crippen molar-refractivity contribution < 1.29 is 14.3 Å². The zero-order chi connectivity index (χ0) is 17.8. The standard InChI is InChI=1S/C19H19BrN2O3/c1-21(12-14-6-8-15(20)9-7-14)18(23)10-11-22-16-4-2-3-5-17(16)25-13-19(22)24/h2-9H,10-13H2,1H3. The molecule has 130 valence electrons. The summed E-state index contributed by atoms with van der Waals surface area (Å²) in [5, 5.41) is 0. The van der Waals surface area contributed by atoms with Crippen LogP contribution in [-0.4, -0.2) is 36.9 Å². The highest BCUT2D eigenvalue weighted by molar-refractivity contribution is 9.10. The molecule has 0 saturated heterocycles. The molecule has 2 aromatic rings. The van der Waals surface area contributed by atoms with Gasteiger partial charge in [0.2, 0.25) is 5.91 Å². The van der Waals surface area contributed by atoms with Gasteiger partial charge >= 0.3 is 0 Å². The van der Waals surface area contributed by atoms with Gasteiger partial charge in [0.1, 0.15) is 5.75 Å². The maximum atomic E-state index is 12.4. The first-order valence-corrected chi connectivity index (χ1v) is 8.84. The fourth-order valence-electron chi connectivity index (χ4n) is 2.75. The third-order valence-electron chi connectivity index (χ3n) is 4.12. The van der Waals surface area contributed by atoms with Crippen LogP contribution in [0.3, 0.4) is 0 Å². The van der Waals surface area contributed by atoms with Gasteiger partial charge in [-0.1, -0.05) is 40.2 Å². The molecule has 1 aliphatic rings. The molecule has 1 aliphatic heterocycles. The molecule has 2 amide bonds. The van der Waals surface area contributed by atoms with E-state index in [1.165, 1.54) is 0 Å². The van der Waals surface area contributed by atoms with E-state index in [0.29, 0.717) is 18.8 Å². The summed E-state index contributed by atoms with van der Waals surface area (Å²) in [6.07, 6.45) is 0.271. The first kappa shape index (κ1) is 17.5. The third-order valence-corrected chi connectivity index (χ3v) is 4.64. The number of para-hydroxylation sites is 2. The number of carbonyl (C=O) groups is 2. The van der Waals surface area contributed by atoms with Gasteiger partial charge in [0.15, 0.2) is 6.61 Å². The molecule has 0 spiro atoms. The van der Waals surface area contributed by atoms with Crippen LogP contribution in [0.25, 0.3) is 0 Å².